The Hall–Kier alpha value is -1.84. The van der Waals surface area contributed by atoms with Gasteiger partial charge in [0.15, 0.2) is 5.96 Å². The van der Waals surface area contributed by atoms with Crippen molar-refractivity contribution in [3.63, 3.8) is 0 Å². The van der Waals surface area contributed by atoms with Crippen LogP contribution >= 0.6 is 24.0 Å². The fourth-order valence-electron chi connectivity index (χ4n) is 3.95. The largest absolute Gasteiger partial charge is 0.472 e. The van der Waals surface area contributed by atoms with E-state index in [-0.39, 0.29) is 30.1 Å². The first-order chi connectivity index (χ1) is 13.3. The molecule has 28 heavy (non-hydrogen) atoms. The first kappa shape index (κ1) is 20.9. The van der Waals surface area contributed by atoms with Crippen LogP contribution in [0.2, 0.25) is 0 Å². The number of hydrogen-bond donors (Lipinski definition) is 1. The van der Waals surface area contributed by atoms with E-state index in [2.05, 4.69) is 37.1 Å². The third-order valence-electron chi connectivity index (χ3n) is 5.37. The lowest BCUT2D eigenvalue weighted by Gasteiger charge is -2.21. The van der Waals surface area contributed by atoms with E-state index in [0.29, 0.717) is 18.5 Å². The molecule has 8 heteroatoms. The fraction of sp³-hybridized carbons (Fsp3) is 0.550. The Labute approximate surface area is 183 Å². The molecule has 2 aliphatic rings. The van der Waals surface area contributed by atoms with Crippen molar-refractivity contribution in [2.45, 2.75) is 50.8 Å². The summed E-state index contributed by atoms with van der Waals surface area (Å²) in [4.78, 5) is 10.9. The SMILES string of the molecule is CN=C(NCc1ccn(C2CCCC2)n1)N1CCC(Oc2ccccn2)C1.I. The second kappa shape index (κ2) is 10.1. The van der Waals surface area contributed by atoms with E-state index < -0.39 is 0 Å². The number of likely N-dealkylation sites (tertiary alicyclic amines) is 1. The van der Waals surface area contributed by atoms with Crippen molar-refractivity contribution in [1.82, 2.24) is 25.0 Å². The van der Waals surface area contributed by atoms with Crippen LogP contribution in [0.3, 0.4) is 0 Å². The maximum absolute atomic E-state index is 5.97. The van der Waals surface area contributed by atoms with Gasteiger partial charge in [0, 0.05) is 38.5 Å². The quantitative estimate of drug-likeness (QED) is 0.391. The maximum Gasteiger partial charge on any atom is 0.213 e. The van der Waals surface area contributed by atoms with Crippen LogP contribution in [0.25, 0.3) is 0 Å². The highest BCUT2D eigenvalue weighted by Crippen LogP contribution is 2.28. The molecule has 3 heterocycles. The van der Waals surface area contributed by atoms with E-state index in [4.69, 9.17) is 9.84 Å². The zero-order chi connectivity index (χ0) is 18.5. The van der Waals surface area contributed by atoms with Crippen molar-refractivity contribution in [1.29, 1.82) is 0 Å². The summed E-state index contributed by atoms with van der Waals surface area (Å²) >= 11 is 0. The van der Waals surface area contributed by atoms with Crippen LogP contribution in [0.5, 0.6) is 5.88 Å². The molecule has 0 amide bonds. The second-order valence-corrected chi connectivity index (χ2v) is 7.27. The minimum Gasteiger partial charge on any atom is -0.472 e. The number of ether oxygens (including phenoxy) is 1. The van der Waals surface area contributed by atoms with Crippen molar-refractivity contribution < 1.29 is 4.74 Å². The van der Waals surface area contributed by atoms with Gasteiger partial charge < -0.3 is 15.0 Å². The molecule has 1 aliphatic heterocycles. The van der Waals surface area contributed by atoms with Crippen molar-refractivity contribution in [3.8, 4) is 5.88 Å². The molecule has 0 aromatic carbocycles. The van der Waals surface area contributed by atoms with Gasteiger partial charge in [-0.15, -0.1) is 24.0 Å². The minimum atomic E-state index is 0. The van der Waals surface area contributed by atoms with Crippen molar-refractivity contribution >= 4 is 29.9 Å². The maximum atomic E-state index is 5.97. The number of nitrogens with zero attached hydrogens (tertiary/aromatic N) is 5. The monoisotopic (exact) mass is 496 g/mol. The number of guanidine groups is 1. The molecule has 152 valence electrons. The third kappa shape index (κ3) is 5.15. The number of pyridine rings is 1. The van der Waals surface area contributed by atoms with Crippen LogP contribution in [0, 0.1) is 0 Å². The zero-order valence-electron chi connectivity index (χ0n) is 16.3. The molecule has 0 spiro atoms. The fourth-order valence-corrected chi connectivity index (χ4v) is 3.95. The predicted octanol–water partition coefficient (Wildman–Crippen LogP) is 3.24. The molecule has 1 saturated heterocycles. The first-order valence-corrected chi connectivity index (χ1v) is 9.89. The van der Waals surface area contributed by atoms with Crippen LogP contribution in [0.1, 0.15) is 43.8 Å². The van der Waals surface area contributed by atoms with Gasteiger partial charge in [-0.3, -0.25) is 9.67 Å². The highest BCUT2D eigenvalue weighted by Gasteiger charge is 2.26. The molecule has 7 nitrogen and oxygen atoms in total. The molecule has 1 atom stereocenters. The number of halogens is 1. The Morgan fingerprint density at radius 3 is 2.86 bits per heavy atom. The van der Waals surface area contributed by atoms with Crippen molar-refractivity contribution in [2.75, 3.05) is 20.1 Å². The standard InChI is InChI=1S/C20H28N6O.HI/c1-21-20(23-14-16-9-13-26(24-16)17-6-2-3-7-17)25-12-10-18(15-25)27-19-8-4-5-11-22-19;/h4-5,8-9,11,13,17-18H,2-3,6-7,10,12,14-15H2,1H3,(H,21,23);1H. The average Bonchev–Trinajstić information content (AvgIpc) is 3.45. The van der Waals surface area contributed by atoms with E-state index in [1.54, 1.807) is 6.20 Å². The molecular weight excluding hydrogens is 467 g/mol. The van der Waals surface area contributed by atoms with Gasteiger partial charge in [-0.25, -0.2) is 4.98 Å². The lowest BCUT2D eigenvalue weighted by atomic mass is 10.3. The first-order valence-electron chi connectivity index (χ1n) is 9.89. The summed E-state index contributed by atoms with van der Waals surface area (Å²) < 4.78 is 8.11. The Morgan fingerprint density at radius 1 is 1.25 bits per heavy atom. The van der Waals surface area contributed by atoms with Gasteiger partial charge in [-0.2, -0.15) is 5.10 Å². The van der Waals surface area contributed by atoms with Crippen molar-refractivity contribution in [3.05, 3.63) is 42.4 Å². The normalized spacial score (nSPS) is 20.2. The highest BCUT2D eigenvalue weighted by atomic mass is 127. The van der Waals surface area contributed by atoms with E-state index in [1.807, 2.05) is 25.2 Å². The van der Waals surface area contributed by atoms with Gasteiger partial charge in [0.2, 0.25) is 5.88 Å². The number of hydrogen-bond acceptors (Lipinski definition) is 4. The Balaban J connectivity index is 0.00000225. The molecule has 0 radical (unpaired) electrons. The second-order valence-electron chi connectivity index (χ2n) is 7.27. The van der Waals surface area contributed by atoms with Gasteiger partial charge >= 0.3 is 0 Å². The van der Waals surface area contributed by atoms with E-state index >= 15 is 0 Å². The smallest absolute Gasteiger partial charge is 0.213 e. The number of aromatic nitrogens is 3. The highest BCUT2D eigenvalue weighted by molar-refractivity contribution is 14.0. The van der Waals surface area contributed by atoms with Crippen molar-refractivity contribution in [2.24, 2.45) is 4.99 Å². The molecule has 2 aromatic heterocycles. The van der Waals surface area contributed by atoms with E-state index in [0.717, 1.165) is 31.2 Å². The molecule has 1 unspecified atom stereocenters. The van der Waals surface area contributed by atoms with Crippen LogP contribution in [0.4, 0.5) is 0 Å². The Bertz CT molecular complexity index is 759. The van der Waals surface area contributed by atoms with Gasteiger partial charge in [0.1, 0.15) is 6.10 Å². The van der Waals surface area contributed by atoms with Crippen LogP contribution in [-0.4, -0.2) is 51.9 Å². The third-order valence-corrected chi connectivity index (χ3v) is 5.37. The molecule has 1 N–H and O–H groups in total. The van der Waals surface area contributed by atoms with Crippen LogP contribution in [-0.2, 0) is 6.54 Å². The number of nitrogens with one attached hydrogen (secondary N) is 1. The van der Waals surface area contributed by atoms with Gasteiger partial charge in [-0.1, -0.05) is 18.9 Å². The summed E-state index contributed by atoms with van der Waals surface area (Å²) in [6, 6.07) is 8.43. The van der Waals surface area contributed by atoms with Gasteiger partial charge in [-0.05, 0) is 25.0 Å². The summed E-state index contributed by atoms with van der Waals surface area (Å²) in [5.41, 5.74) is 1.06. The summed E-state index contributed by atoms with van der Waals surface area (Å²) in [6.07, 6.45) is 10.1. The van der Waals surface area contributed by atoms with Gasteiger partial charge in [0.05, 0.1) is 24.8 Å². The summed E-state index contributed by atoms with van der Waals surface area (Å²) in [6.45, 7) is 2.43. The average molecular weight is 496 g/mol. The minimum absolute atomic E-state index is 0. The summed E-state index contributed by atoms with van der Waals surface area (Å²) in [5, 5.41) is 8.19. The lowest BCUT2D eigenvalue weighted by molar-refractivity contribution is 0.205. The number of aliphatic imine (C=N–C) groups is 1. The summed E-state index contributed by atoms with van der Waals surface area (Å²) in [5.74, 6) is 1.59. The lowest BCUT2D eigenvalue weighted by Crippen LogP contribution is -2.40. The zero-order valence-corrected chi connectivity index (χ0v) is 18.7. The topological polar surface area (TPSA) is 67.6 Å². The Kier molecular flexibility index (Phi) is 7.52. The Morgan fingerprint density at radius 2 is 2.11 bits per heavy atom. The molecular formula is C20H29IN6O. The van der Waals surface area contributed by atoms with Crippen LogP contribution < -0.4 is 10.1 Å². The molecule has 1 saturated carbocycles. The van der Waals surface area contributed by atoms with Crippen LogP contribution in [0.15, 0.2) is 41.7 Å². The predicted molar refractivity (Wildman–Crippen MR) is 120 cm³/mol. The number of rotatable bonds is 5. The summed E-state index contributed by atoms with van der Waals surface area (Å²) in [7, 11) is 1.83. The van der Waals surface area contributed by atoms with Gasteiger partial charge in [0.25, 0.3) is 0 Å². The van der Waals surface area contributed by atoms with E-state index in [9.17, 15) is 0 Å². The molecule has 1 aliphatic carbocycles. The molecule has 2 fully saturated rings. The molecule has 4 rings (SSSR count). The van der Waals surface area contributed by atoms with E-state index in [1.165, 1.54) is 25.7 Å². The molecule has 0 bridgehead atoms. The molecule has 2 aromatic rings.